The predicted molar refractivity (Wildman–Crippen MR) is 126 cm³/mol. The molecule has 1 saturated carbocycles. The lowest BCUT2D eigenvalue weighted by molar-refractivity contribution is -0.118. The number of benzene rings is 1. The molecule has 1 amide bonds. The summed E-state index contributed by atoms with van der Waals surface area (Å²) in [5.41, 5.74) is 2.42. The van der Waals surface area contributed by atoms with Gasteiger partial charge in [0.2, 0.25) is 12.7 Å². The van der Waals surface area contributed by atoms with Crippen molar-refractivity contribution < 1.29 is 14.3 Å². The molecule has 3 aliphatic rings. The van der Waals surface area contributed by atoms with Crippen LogP contribution in [-0.4, -0.2) is 28.4 Å². The first-order chi connectivity index (χ1) is 15.6. The number of ether oxygens (including phenoxy) is 2. The molecule has 0 bridgehead atoms. The molecule has 8 heteroatoms. The summed E-state index contributed by atoms with van der Waals surface area (Å²) in [5.74, 6) is 4.03. The number of hydrogen-bond donors (Lipinski definition) is 1. The molecule has 0 spiro atoms. The lowest BCUT2D eigenvalue weighted by atomic mass is 9.89. The summed E-state index contributed by atoms with van der Waals surface area (Å²) in [5, 5.41) is 5.21. The molecule has 166 valence electrons. The van der Waals surface area contributed by atoms with E-state index in [2.05, 4.69) is 12.2 Å². The van der Waals surface area contributed by atoms with Gasteiger partial charge in [0, 0.05) is 22.7 Å². The second-order valence-electron chi connectivity index (χ2n) is 8.95. The number of thiophene rings is 1. The van der Waals surface area contributed by atoms with Crippen molar-refractivity contribution in [3.63, 3.8) is 0 Å². The van der Waals surface area contributed by atoms with Crippen LogP contribution in [0.3, 0.4) is 0 Å². The molecule has 0 unspecified atom stereocenters. The van der Waals surface area contributed by atoms with Gasteiger partial charge in [-0.1, -0.05) is 24.8 Å². The Morgan fingerprint density at radius 3 is 2.97 bits per heavy atom. The standard InChI is InChI=1S/C24H25N3O3S2/c1-13-2-6-16-19(8-13)32-24-21(16)23(26-22(27-24)15-4-5-15)31-11-20(28)25-10-14-3-7-17-18(9-14)30-12-29-17/h3,7,9,13,15H,2,4-6,8,10-12H2,1H3,(H,25,28)/t13-/m0/s1. The Kier molecular flexibility index (Phi) is 5.22. The van der Waals surface area contributed by atoms with Gasteiger partial charge in [-0.25, -0.2) is 9.97 Å². The first-order valence-corrected chi connectivity index (χ1v) is 13.0. The summed E-state index contributed by atoms with van der Waals surface area (Å²) in [6, 6.07) is 5.76. The number of rotatable bonds is 6. The van der Waals surface area contributed by atoms with Crippen LogP contribution in [0.1, 0.15) is 53.9 Å². The number of hydrogen-bond acceptors (Lipinski definition) is 7. The van der Waals surface area contributed by atoms with Crippen LogP contribution in [0.5, 0.6) is 11.5 Å². The number of thioether (sulfide) groups is 1. The van der Waals surface area contributed by atoms with Gasteiger partial charge < -0.3 is 14.8 Å². The molecule has 1 fully saturated rings. The van der Waals surface area contributed by atoms with E-state index in [0.29, 0.717) is 18.2 Å². The van der Waals surface area contributed by atoms with Crippen LogP contribution < -0.4 is 14.8 Å². The molecule has 0 radical (unpaired) electrons. The molecule has 6 nitrogen and oxygen atoms in total. The maximum absolute atomic E-state index is 12.6. The maximum Gasteiger partial charge on any atom is 0.231 e. The van der Waals surface area contributed by atoms with E-state index in [-0.39, 0.29) is 12.7 Å². The monoisotopic (exact) mass is 467 g/mol. The van der Waals surface area contributed by atoms with E-state index in [0.717, 1.165) is 51.5 Å². The maximum atomic E-state index is 12.6. The largest absolute Gasteiger partial charge is 0.454 e. The number of carbonyl (C=O) groups is 1. The second kappa shape index (κ2) is 8.23. The Balaban J connectivity index is 1.18. The highest BCUT2D eigenvalue weighted by molar-refractivity contribution is 8.00. The Labute approximate surface area is 195 Å². The van der Waals surface area contributed by atoms with Gasteiger partial charge in [0.05, 0.1) is 5.75 Å². The molecular weight excluding hydrogens is 442 g/mol. The fraction of sp³-hybridized carbons (Fsp3) is 0.458. The van der Waals surface area contributed by atoms with Crippen LogP contribution in [0.2, 0.25) is 0 Å². The van der Waals surface area contributed by atoms with Gasteiger partial charge in [0.1, 0.15) is 15.7 Å². The number of aryl methyl sites for hydroxylation is 1. The molecule has 3 aromatic rings. The van der Waals surface area contributed by atoms with Crippen LogP contribution in [-0.2, 0) is 24.2 Å². The van der Waals surface area contributed by atoms with E-state index < -0.39 is 0 Å². The number of carbonyl (C=O) groups excluding carboxylic acids is 1. The third-order valence-corrected chi connectivity index (χ3v) is 8.47. The van der Waals surface area contributed by atoms with Crippen LogP contribution >= 0.6 is 23.1 Å². The number of amides is 1. The Morgan fingerprint density at radius 2 is 2.09 bits per heavy atom. The van der Waals surface area contributed by atoms with E-state index in [9.17, 15) is 4.79 Å². The quantitative estimate of drug-likeness (QED) is 0.413. The summed E-state index contributed by atoms with van der Waals surface area (Å²) in [7, 11) is 0. The van der Waals surface area contributed by atoms with Gasteiger partial charge in [-0.15, -0.1) is 11.3 Å². The minimum Gasteiger partial charge on any atom is -0.454 e. The number of aromatic nitrogens is 2. The summed E-state index contributed by atoms with van der Waals surface area (Å²) < 4.78 is 10.8. The lowest BCUT2D eigenvalue weighted by Crippen LogP contribution is -2.24. The average Bonchev–Trinajstić information content (AvgIpc) is 3.43. The van der Waals surface area contributed by atoms with E-state index in [4.69, 9.17) is 19.4 Å². The zero-order chi connectivity index (χ0) is 21.7. The summed E-state index contributed by atoms with van der Waals surface area (Å²) in [4.78, 5) is 25.1. The molecule has 2 aromatic heterocycles. The van der Waals surface area contributed by atoms with Crippen molar-refractivity contribution in [3.8, 4) is 11.5 Å². The van der Waals surface area contributed by atoms with Gasteiger partial charge in [-0.05, 0) is 61.3 Å². The van der Waals surface area contributed by atoms with Crippen LogP contribution in [0.4, 0.5) is 0 Å². The summed E-state index contributed by atoms with van der Waals surface area (Å²) in [6.45, 7) is 3.05. The molecule has 6 rings (SSSR count). The molecule has 3 heterocycles. The second-order valence-corrected chi connectivity index (χ2v) is 11.0. The van der Waals surface area contributed by atoms with Gasteiger partial charge in [0.15, 0.2) is 11.5 Å². The van der Waals surface area contributed by atoms with Crippen molar-refractivity contribution in [3.05, 3.63) is 40.0 Å². The zero-order valence-corrected chi connectivity index (χ0v) is 19.6. The van der Waals surface area contributed by atoms with Crippen molar-refractivity contribution >= 4 is 39.2 Å². The van der Waals surface area contributed by atoms with Crippen molar-refractivity contribution in [2.75, 3.05) is 12.5 Å². The fourth-order valence-electron chi connectivity index (χ4n) is 4.39. The lowest BCUT2D eigenvalue weighted by Gasteiger charge is -2.18. The van der Waals surface area contributed by atoms with E-state index >= 15 is 0 Å². The van der Waals surface area contributed by atoms with Crippen molar-refractivity contribution in [1.82, 2.24) is 15.3 Å². The van der Waals surface area contributed by atoms with E-state index in [1.807, 2.05) is 29.5 Å². The fourth-order valence-corrected chi connectivity index (χ4v) is 6.74. The van der Waals surface area contributed by atoms with Crippen LogP contribution in [0.15, 0.2) is 23.2 Å². The molecular formula is C24H25N3O3S2. The zero-order valence-electron chi connectivity index (χ0n) is 18.0. The third-order valence-electron chi connectivity index (χ3n) is 6.35. The minimum absolute atomic E-state index is 0.00474. The highest BCUT2D eigenvalue weighted by Gasteiger charge is 2.30. The van der Waals surface area contributed by atoms with E-state index in [1.54, 1.807) is 11.8 Å². The van der Waals surface area contributed by atoms with Crippen molar-refractivity contribution in [2.45, 2.75) is 56.5 Å². The molecule has 2 aliphatic carbocycles. The molecule has 1 N–H and O–H groups in total. The summed E-state index contributed by atoms with van der Waals surface area (Å²) in [6.07, 6.45) is 5.78. The number of fused-ring (bicyclic) bond motifs is 4. The van der Waals surface area contributed by atoms with Crippen molar-refractivity contribution in [2.24, 2.45) is 5.92 Å². The highest BCUT2D eigenvalue weighted by atomic mass is 32.2. The smallest absolute Gasteiger partial charge is 0.231 e. The molecule has 0 saturated heterocycles. The Morgan fingerprint density at radius 1 is 1.22 bits per heavy atom. The van der Waals surface area contributed by atoms with E-state index in [1.165, 1.54) is 35.1 Å². The SMILES string of the molecule is C[C@H]1CCc2c(sc3nc(C4CC4)nc(SCC(=O)NCc4ccc5c(c4)OCO5)c23)C1. The summed E-state index contributed by atoms with van der Waals surface area (Å²) >= 11 is 3.39. The molecule has 32 heavy (non-hydrogen) atoms. The van der Waals surface area contributed by atoms with Gasteiger partial charge in [0.25, 0.3) is 0 Å². The molecule has 1 atom stereocenters. The highest BCUT2D eigenvalue weighted by Crippen LogP contribution is 2.44. The average molecular weight is 468 g/mol. The third kappa shape index (κ3) is 3.94. The van der Waals surface area contributed by atoms with Gasteiger partial charge >= 0.3 is 0 Å². The first kappa shape index (κ1) is 20.3. The molecule has 1 aliphatic heterocycles. The normalized spacial score (nSPS) is 19.2. The first-order valence-electron chi connectivity index (χ1n) is 11.2. The Hall–Kier alpha value is -2.32. The number of nitrogens with zero attached hydrogens (tertiary/aromatic N) is 2. The topological polar surface area (TPSA) is 73.3 Å². The molecule has 1 aromatic carbocycles. The Bertz CT molecular complexity index is 1200. The van der Waals surface area contributed by atoms with Crippen molar-refractivity contribution in [1.29, 1.82) is 0 Å². The van der Waals surface area contributed by atoms with Crippen LogP contribution in [0.25, 0.3) is 10.2 Å². The van der Waals surface area contributed by atoms with Crippen LogP contribution in [0, 0.1) is 5.92 Å². The van der Waals surface area contributed by atoms with Gasteiger partial charge in [-0.2, -0.15) is 0 Å². The number of nitrogens with one attached hydrogen (secondary N) is 1. The minimum atomic E-state index is 0.00474. The predicted octanol–water partition coefficient (Wildman–Crippen LogP) is 4.83. The van der Waals surface area contributed by atoms with Gasteiger partial charge in [-0.3, -0.25) is 4.79 Å².